The highest BCUT2D eigenvalue weighted by Crippen LogP contribution is 2.24. The third kappa shape index (κ3) is 2.95. The molecule has 0 spiro atoms. The van der Waals surface area contributed by atoms with Crippen molar-refractivity contribution in [2.75, 3.05) is 26.2 Å². The Morgan fingerprint density at radius 1 is 1.22 bits per heavy atom. The summed E-state index contributed by atoms with van der Waals surface area (Å²) in [5, 5.41) is 3.45. The Labute approximate surface area is 118 Å². The predicted molar refractivity (Wildman–Crippen MR) is 78.7 cm³/mol. The largest absolute Gasteiger partial charge is 0.317 e. The SMILES string of the molecule is Brc1ccc2c(c1)CCN(CC1CCNCC1)C2. The summed E-state index contributed by atoms with van der Waals surface area (Å²) in [4.78, 5) is 2.65. The molecule has 0 unspecified atom stereocenters. The number of piperidine rings is 1. The molecule has 0 aliphatic carbocycles. The molecule has 3 rings (SSSR count). The summed E-state index contributed by atoms with van der Waals surface area (Å²) in [6.07, 6.45) is 3.91. The van der Waals surface area contributed by atoms with Crippen molar-refractivity contribution in [2.45, 2.75) is 25.8 Å². The minimum Gasteiger partial charge on any atom is -0.317 e. The number of hydrogen-bond donors (Lipinski definition) is 1. The Balaban J connectivity index is 1.62. The van der Waals surface area contributed by atoms with Gasteiger partial charge in [-0.05, 0) is 61.5 Å². The number of fused-ring (bicyclic) bond motifs is 1. The molecule has 1 N–H and O–H groups in total. The first-order chi connectivity index (χ1) is 8.81. The van der Waals surface area contributed by atoms with Crippen LogP contribution in [0.3, 0.4) is 0 Å². The molecule has 0 saturated carbocycles. The molecule has 98 valence electrons. The van der Waals surface area contributed by atoms with E-state index < -0.39 is 0 Å². The second kappa shape index (κ2) is 5.72. The van der Waals surface area contributed by atoms with Crippen LogP contribution in [-0.4, -0.2) is 31.1 Å². The second-order valence-corrected chi connectivity index (χ2v) is 6.51. The van der Waals surface area contributed by atoms with Gasteiger partial charge in [-0.15, -0.1) is 0 Å². The lowest BCUT2D eigenvalue weighted by atomic mass is 9.95. The van der Waals surface area contributed by atoms with E-state index in [2.05, 4.69) is 44.3 Å². The van der Waals surface area contributed by atoms with E-state index in [0.717, 1.165) is 12.5 Å². The first kappa shape index (κ1) is 12.6. The van der Waals surface area contributed by atoms with E-state index in [1.54, 1.807) is 0 Å². The Morgan fingerprint density at radius 2 is 2.06 bits per heavy atom. The van der Waals surface area contributed by atoms with Crippen molar-refractivity contribution in [1.82, 2.24) is 10.2 Å². The molecular weight excluding hydrogens is 288 g/mol. The van der Waals surface area contributed by atoms with Crippen LogP contribution < -0.4 is 5.32 Å². The fraction of sp³-hybridized carbons (Fsp3) is 0.600. The highest BCUT2D eigenvalue weighted by molar-refractivity contribution is 9.10. The van der Waals surface area contributed by atoms with Crippen LogP contribution in [0.4, 0.5) is 0 Å². The normalized spacial score (nSPS) is 21.8. The molecule has 2 aliphatic heterocycles. The average molecular weight is 309 g/mol. The topological polar surface area (TPSA) is 15.3 Å². The molecule has 1 fully saturated rings. The monoisotopic (exact) mass is 308 g/mol. The lowest BCUT2D eigenvalue weighted by Crippen LogP contribution is -2.38. The molecule has 3 heteroatoms. The zero-order chi connectivity index (χ0) is 12.4. The van der Waals surface area contributed by atoms with Gasteiger partial charge in [0.2, 0.25) is 0 Å². The van der Waals surface area contributed by atoms with Crippen molar-refractivity contribution in [3.05, 3.63) is 33.8 Å². The maximum absolute atomic E-state index is 3.56. The summed E-state index contributed by atoms with van der Waals surface area (Å²) < 4.78 is 1.22. The maximum Gasteiger partial charge on any atom is 0.0236 e. The smallest absolute Gasteiger partial charge is 0.0236 e. The van der Waals surface area contributed by atoms with Gasteiger partial charge in [-0.3, -0.25) is 4.90 Å². The minimum absolute atomic E-state index is 0.906. The van der Waals surface area contributed by atoms with Gasteiger partial charge >= 0.3 is 0 Å². The Morgan fingerprint density at radius 3 is 2.89 bits per heavy atom. The van der Waals surface area contributed by atoms with Crippen LogP contribution >= 0.6 is 15.9 Å². The summed E-state index contributed by atoms with van der Waals surface area (Å²) >= 11 is 3.56. The molecule has 0 aromatic heterocycles. The zero-order valence-electron chi connectivity index (χ0n) is 10.8. The summed E-state index contributed by atoms with van der Waals surface area (Å²) in [5.74, 6) is 0.906. The van der Waals surface area contributed by atoms with Crippen LogP contribution in [0.15, 0.2) is 22.7 Å². The summed E-state index contributed by atoms with van der Waals surface area (Å²) in [7, 11) is 0. The Bertz CT molecular complexity index is 413. The van der Waals surface area contributed by atoms with Gasteiger partial charge < -0.3 is 5.32 Å². The molecule has 2 nitrogen and oxygen atoms in total. The molecule has 0 radical (unpaired) electrons. The fourth-order valence-electron chi connectivity index (χ4n) is 3.17. The molecule has 18 heavy (non-hydrogen) atoms. The van der Waals surface area contributed by atoms with E-state index in [-0.39, 0.29) is 0 Å². The van der Waals surface area contributed by atoms with Crippen molar-refractivity contribution in [2.24, 2.45) is 5.92 Å². The van der Waals surface area contributed by atoms with Crippen LogP contribution in [0.1, 0.15) is 24.0 Å². The van der Waals surface area contributed by atoms with Crippen molar-refractivity contribution in [1.29, 1.82) is 0 Å². The van der Waals surface area contributed by atoms with Crippen LogP contribution in [0.5, 0.6) is 0 Å². The lowest BCUT2D eigenvalue weighted by Gasteiger charge is -2.33. The third-order valence-corrected chi connectivity index (χ3v) is 4.73. The van der Waals surface area contributed by atoms with Gasteiger partial charge in [-0.1, -0.05) is 22.0 Å². The van der Waals surface area contributed by atoms with Gasteiger partial charge in [-0.25, -0.2) is 0 Å². The Hall–Kier alpha value is -0.380. The standard InChI is InChI=1S/C15H21BrN2/c16-15-2-1-14-11-18(8-5-13(14)9-15)10-12-3-6-17-7-4-12/h1-2,9,12,17H,3-8,10-11H2. The second-order valence-electron chi connectivity index (χ2n) is 5.59. The van der Waals surface area contributed by atoms with Crippen LogP contribution in [0.25, 0.3) is 0 Å². The summed E-state index contributed by atoms with van der Waals surface area (Å²) in [6, 6.07) is 6.75. The summed E-state index contributed by atoms with van der Waals surface area (Å²) in [6.45, 7) is 6.08. The molecule has 2 aliphatic rings. The van der Waals surface area contributed by atoms with Crippen molar-refractivity contribution < 1.29 is 0 Å². The van der Waals surface area contributed by atoms with E-state index in [1.165, 1.54) is 61.0 Å². The maximum atomic E-state index is 3.56. The van der Waals surface area contributed by atoms with E-state index in [1.807, 2.05) is 0 Å². The fourth-order valence-corrected chi connectivity index (χ4v) is 3.57. The highest BCUT2D eigenvalue weighted by atomic mass is 79.9. The van der Waals surface area contributed by atoms with Gasteiger partial charge in [-0.2, -0.15) is 0 Å². The lowest BCUT2D eigenvalue weighted by molar-refractivity contribution is 0.191. The van der Waals surface area contributed by atoms with E-state index in [9.17, 15) is 0 Å². The number of hydrogen-bond acceptors (Lipinski definition) is 2. The molecule has 0 amide bonds. The molecule has 2 heterocycles. The van der Waals surface area contributed by atoms with Gasteiger partial charge in [0.25, 0.3) is 0 Å². The quantitative estimate of drug-likeness (QED) is 0.904. The van der Waals surface area contributed by atoms with Crippen molar-refractivity contribution in [3.8, 4) is 0 Å². The van der Waals surface area contributed by atoms with Crippen molar-refractivity contribution >= 4 is 15.9 Å². The number of halogens is 1. The molecule has 0 bridgehead atoms. The van der Waals surface area contributed by atoms with Gasteiger partial charge in [0.05, 0.1) is 0 Å². The van der Waals surface area contributed by atoms with Crippen LogP contribution in [0, 0.1) is 5.92 Å². The molecule has 1 saturated heterocycles. The van der Waals surface area contributed by atoms with Gasteiger partial charge in [0.15, 0.2) is 0 Å². The average Bonchev–Trinajstić information content (AvgIpc) is 2.40. The minimum atomic E-state index is 0.906. The molecule has 1 aromatic rings. The predicted octanol–water partition coefficient (Wildman–Crippen LogP) is 2.81. The first-order valence-electron chi connectivity index (χ1n) is 7.01. The summed E-state index contributed by atoms with van der Waals surface area (Å²) in [5.41, 5.74) is 3.06. The molecular formula is C15H21BrN2. The van der Waals surface area contributed by atoms with E-state index in [4.69, 9.17) is 0 Å². The number of nitrogens with one attached hydrogen (secondary N) is 1. The van der Waals surface area contributed by atoms with E-state index >= 15 is 0 Å². The zero-order valence-corrected chi connectivity index (χ0v) is 12.4. The van der Waals surface area contributed by atoms with Crippen molar-refractivity contribution in [3.63, 3.8) is 0 Å². The van der Waals surface area contributed by atoms with Crippen LogP contribution in [-0.2, 0) is 13.0 Å². The molecule has 1 aromatic carbocycles. The highest BCUT2D eigenvalue weighted by Gasteiger charge is 2.20. The van der Waals surface area contributed by atoms with Gasteiger partial charge in [0.1, 0.15) is 0 Å². The number of nitrogens with zero attached hydrogens (tertiary/aromatic N) is 1. The van der Waals surface area contributed by atoms with E-state index in [0.29, 0.717) is 0 Å². The first-order valence-corrected chi connectivity index (χ1v) is 7.81. The number of rotatable bonds is 2. The number of benzene rings is 1. The third-order valence-electron chi connectivity index (χ3n) is 4.23. The Kier molecular flexibility index (Phi) is 4.02. The molecule has 0 atom stereocenters. The van der Waals surface area contributed by atoms with Crippen LogP contribution in [0.2, 0.25) is 0 Å². The van der Waals surface area contributed by atoms with Gasteiger partial charge in [0, 0.05) is 24.1 Å².